The Morgan fingerprint density at radius 2 is 1.52 bits per heavy atom. The molecule has 0 unspecified atom stereocenters. The Morgan fingerprint density at radius 3 is 2.19 bits per heavy atom. The number of carbonyl (C=O) groups excluding carboxylic acids is 2. The van der Waals surface area contributed by atoms with Gasteiger partial charge in [-0.2, -0.15) is 5.10 Å². The van der Waals surface area contributed by atoms with E-state index < -0.39 is 11.8 Å². The molecule has 0 fully saturated rings. The summed E-state index contributed by atoms with van der Waals surface area (Å²) in [5, 5.41) is 7.40. The summed E-state index contributed by atoms with van der Waals surface area (Å²) in [7, 11) is 0. The van der Waals surface area contributed by atoms with Crippen molar-refractivity contribution in [3.05, 3.63) is 94.0 Å². The maximum atomic E-state index is 12.0. The largest absolute Gasteiger partial charge is 0.489 e. The number of rotatable bonds is 6. The molecule has 0 heterocycles. The summed E-state index contributed by atoms with van der Waals surface area (Å²) in [6.07, 6.45) is 0. The van der Waals surface area contributed by atoms with Gasteiger partial charge in [0.1, 0.15) is 12.4 Å². The van der Waals surface area contributed by atoms with E-state index >= 15 is 0 Å². The normalized spacial score (nSPS) is 11.0. The summed E-state index contributed by atoms with van der Waals surface area (Å²) in [4.78, 5) is 24.0. The number of halogens is 2. The molecule has 3 rings (SSSR count). The molecule has 2 amide bonds. The summed E-state index contributed by atoms with van der Waals surface area (Å²) in [5.41, 5.74) is 4.76. The summed E-state index contributed by atoms with van der Waals surface area (Å²) >= 11 is 12.1. The van der Waals surface area contributed by atoms with Crippen LogP contribution in [0, 0.1) is 0 Å². The minimum atomic E-state index is -0.904. The third-order valence-corrected chi connectivity index (χ3v) is 4.98. The van der Waals surface area contributed by atoms with Gasteiger partial charge in [0.25, 0.3) is 0 Å². The summed E-state index contributed by atoms with van der Waals surface area (Å²) < 4.78 is 5.75. The van der Waals surface area contributed by atoms with Gasteiger partial charge in [-0.3, -0.25) is 9.59 Å². The van der Waals surface area contributed by atoms with Gasteiger partial charge in [-0.15, -0.1) is 0 Å². The number of amides is 2. The molecule has 0 saturated heterocycles. The number of benzene rings is 3. The lowest BCUT2D eigenvalue weighted by molar-refractivity contribution is -0.136. The van der Waals surface area contributed by atoms with Crippen LogP contribution in [-0.4, -0.2) is 17.5 Å². The molecule has 31 heavy (non-hydrogen) atoms. The van der Waals surface area contributed by atoms with Crippen LogP contribution in [0.15, 0.2) is 77.9 Å². The first-order valence-electron chi connectivity index (χ1n) is 9.31. The highest BCUT2D eigenvalue weighted by Crippen LogP contribution is 2.20. The number of nitrogens with one attached hydrogen (secondary N) is 2. The van der Waals surface area contributed by atoms with Gasteiger partial charge in [-0.1, -0.05) is 53.5 Å². The zero-order chi connectivity index (χ0) is 22.2. The Bertz CT molecular complexity index is 1120. The molecule has 0 spiro atoms. The maximum Gasteiger partial charge on any atom is 0.329 e. The zero-order valence-corrected chi connectivity index (χ0v) is 18.1. The third kappa shape index (κ3) is 6.31. The molecule has 0 aromatic heterocycles. The molecule has 3 aromatic carbocycles. The lowest BCUT2D eigenvalue weighted by Gasteiger charge is -2.09. The predicted molar refractivity (Wildman–Crippen MR) is 123 cm³/mol. The summed E-state index contributed by atoms with van der Waals surface area (Å²) in [5.74, 6) is -1.11. The van der Waals surface area contributed by atoms with Gasteiger partial charge < -0.3 is 10.1 Å². The fourth-order valence-electron chi connectivity index (χ4n) is 2.56. The van der Waals surface area contributed by atoms with Crippen molar-refractivity contribution < 1.29 is 14.3 Å². The second kappa shape index (κ2) is 10.6. The van der Waals surface area contributed by atoms with Gasteiger partial charge in [-0.25, -0.2) is 5.43 Å². The predicted octanol–water partition coefficient (Wildman–Crippen LogP) is 5.05. The number of nitrogens with zero attached hydrogens (tertiary/aromatic N) is 1. The first-order valence-corrected chi connectivity index (χ1v) is 10.1. The van der Waals surface area contributed by atoms with Crippen LogP contribution in [0.3, 0.4) is 0 Å². The Balaban J connectivity index is 1.55. The SMILES string of the molecule is C/C(=N\NC(=O)C(=O)Nc1ccccc1Cl)c1ccc(OCc2ccccc2Cl)cc1. The van der Waals surface area contributed by atoms with Crippen LogP contribution < -0.4 is 15.5 Å². The van der Waals surface area contributed by atoms with Crippen molar-refractivity contribution >= 4 is 46.4 Å². The van der Waals surface area contributed by atoms with Crippen molar-refractivity contribution in [2.24, 2.45) is 5.10 Å². The van der Waals surface area contributed by atoms with Crippen molar-refractivity contribution in [2.75, 3.05) is 5.32 Å². The number of hydrazone groups is 1. The van der Waals surface area contributed by atoms with E-state index in [-0.39, 0.29) is 0 Å². The molecule has 0 saturated carbocycles. The Hall–Kier alpha value is -3.35. The fourth-order valence-corrected chi connectivity index (χ4v) is 2.93. The van der Waals surface area contributed by atoms with Gasteiger partial charge in [0.2, 0.25) is 0 Å². The molecule has 0 aliphatic heterocycles. The first-order chi connectivity index (χ1) is 14.9. The number of carbonyl (C=O) groups is 2. The van der Waals surface area contributed by atoms with Crippen LogP contribution >= 0.6 is 23.2 Å². The number of para-hydroxylation sites is 1. The highest BCUT2D eigenvalue weighted by Gasteiger charge is 2.14. The highest BCUT2D eigenvalue weighted by atomic mass is 35.5. The molecule has 3 aromatic rings. The van der Waals surface area contributed by atoms with Crippen LogP contribution in [-0.2, 0) is 16.2 Å². The van der Waals surface area contributed by atoms with Crippen molar-refractivity contribution in [2.45, 2.75) is 13.5 Å². The molecule has 8 heteroatoms. The Labute approximate surface area is 189 Å². The van der Waals surface area contributed by atoms with Crippen molar-refractivity contribution in [3.8, 4) is 5.75 Å². The highest BCUT2D eigenvalue weighted by molar-refractivity contribution is 6.41. The van der Waals surface area contributed by atoms with Crippen LogP contribution in [0.1, 0.15) is 18.1 Å². The average Bonchev–Trinajstić information content (AvgIpc) is 2.78. The smallest absolute Gasteiger partial charge is 0.329 e. The molecular weight excluding hydrogens is 437 g/mol. The quantitative estimate of drug-likeness (QED) is 0.310. The standard InChI is InChI=1S/C23H19Cl2N3O3/c1-15(27-28-23(30)22(29)26-21-9-5-4-8-20(21)25)16-10-12-18(13-11-16)31-14-17-6-2-3-7-19(17)24/h2-13H,14H2,1H3,(H,26,29)(H,28,30)/b27-15+. The number of hydrogen-bond acceptors (Lipinski definition) is 4. The third-order valence-electron chi connectivity index (χ3n) is 4.28. The molecule has 0 aliphatic rings. The van der Waals surface area contributed by atoms with Crippen molar-refractivity contribution in [1.29, 1.82) is 0 Å². The second-order valence-corrected chi connectivity index (χ2v) is 7.29. The van der Waals surface area contributed by atoms with Crippen LogP contribution in [0.25, 0.3) is 0 Å². The van der Waals surface area contributed by atoms with Gasteiger partial charge in [0, 0.05) is 10.6 Å². The van der Waals surface area contributed by atoms with Gasteiger partial charge in [0.05, 0.1) is 16.4 Å². The molecule has 158 valence electrons. The topological polar surface area (TPSA) is 79.8 Å². The molecule has 6 nitrogen and oxygen atoms in total. The van der Waals surface area contributed by atoms with Gasteiger partial charge >= 0.3 is 11.8 Å². The lowest BCUT2D eigenvalue weighted by Crippen LogP contribution is -2.33. The van der Waals surface area contributed by atoms with Crippen LogP contribution in [0.4, 0.5) is 5.69 Å². The lowest BCUT2D eigenvalue weighted by atomic mass is 10.1. The van der Waals surface area contributed by atoms with Gasteiger partial charge in [-0.05, 0) is 55.0 Å². The molecule has 0 aliphatic carbocycles. The number of anilines is 1. The van der Waals surface area contributed by atoms with E-state index in [0.29, 0.717) is 33.8 Å². The minimum absolute atomic E-state index is 0.333. The fraction of sp³-hybridized carbons (Fsp3) is 0.0870. The van der Waals surface area contributed by atoms with E-state index in [1.807, 2.05) is 24.3 Å². The molecular formula is C23H19Cl2N3O3. The van der Waals surface area contributed by atoms with E-state index in [2.05, 4.69) is 15.8 Å². The molecule has 2 N–H and O–H groups in total. The zero-order valence-electron chi connectivity index (χ0n) is 16.6. The number of hydrogen-bond donors (Lipinski definition) is 2. The molecule has 0 atom stereocenters. The van der Waals surface area contributed by atoms with E-state index in [0.717, 1.165) is 11.1 Å². The van der Waals surface area contributed by atoms with E-state index in [1.54, 1.807) is 55.5 Å². The van der Waals surface area contributed by atoms with E-state index in [1.165, 1.54) is 0 Å². The van der Waals surface area contributed by atoms with Crippen molar-refractivity contribution in [1.82, 2.24) is 5.43 Å². The van der Waals surface area contributed by atoms with Crippen molar-refractivity contribution in [3.63, 3.8) is 0 Å². The average molecular weight is 456 g/mol. The maximum absolute atomic E-state index is 12.0. The van der Waals surface area contributed by atoms with E-state index in [4.69, 9.17) is 27.9 Å². The van der Waals surface area contributed by atoms with E-state index in [9.17, 15) is 9.59 Å². The Kier molecular flexibility index (Phi) is 7.65. The minimum Gasteiger partial charge on any atom is -0.489 e. The Morgan fingerprint density at radius 1 is 0.871 bits per heavy atom. The van der Waals surface area contributed by atoms with Crippen LogP contribution in [0.5, 0.6) is 5.75 Å². The van der Waals surface area contributed by atoms with Crippen LogP contribution in [0.2, 0.25) is 10.0 Å². The molecule has 0 radical (unpaired) electrons. The first kappa shape index (κ1) is 22.3. The second-order valence-electron chi connectivity index (χ2n) is 6.48. The summed E-state index contributed by atoms with van der Waals surface area (Å²) in [6.45, 7) is 2.06. The summed E-state index contributed by atoms with van der Waals surface area (Å²) in [6, 6.07) is 21.3. The monoisotopic (exact) mass is 455 g/mol. The molecule has 0 bridgehead atoms. The van der Waals surface area contributed by atoms with Gasteiger partial charge in [0.15, 0.2) is 0 Å². The number of ether oxygens (including phenoxy) is 1.